The molecule has 0 fully saturated rings. The number of rotatable bonds is 54. The Bertz CT molecular complexity index is 1450. The van der Waals surface area contributed by atoms with Gasteiger partial charge in [0.05, 0.1) is 6.61 Å². The van der Waals surface area contributed by atoms with Gasteiger partial charge in [-0.15, -0.1) is 0 Å². The first-order valence-corrected chi connectivity index (χ1v) is 30.1. The van der Waals surface area contributed by atoms with Crippen LogP contribution in [0.2, 0.25) is 0 Å². The maximum Gasteiger partial charge on any atom is 0.306 e. The van der Waals surface area contributed by atoms with Gasteiger partial charge in [-0.1, -0.05) is 251 Å². The highest BCUT2D eigenvalue weighted by atomic mass is 16.6. The molecular weight excluding hydrogens is 885 g/mol. The number of hydrogen-bond donors (Lipinski definition) is 0. The Labute approximate surface area is 446 Å². The Morgan fingerprint density at radius 2 is 0.653 bits per heavy atom. The number of carbonyl (C=O) groups excluding carboxylic acids is 2. The van der Waals surface area contributed by atoms with E-state index in [4.69, 9.17) is 14.2 Å². The van der Waals surface area contributed by atoms with Crippen molar-refractivity contribution in [1.29, 1.82) is 0 Å². The van der Waals surface area contributed by atoms with Crippen LogP contribution in [0.1, 0.15) is 265 Å². The van der Waals surface area contributed by atoms with Crippen LogP contribution >= 0.6 is 0 Å². The first-order chi connectivity index (χ1) is 35.6. The molecule has 0 aromatic rings. The lowest BCUT2D eigenvalue weighted by molar-refractivity contribution is -0.162. The summed E-state index contributed by atoms with van der Waals surface area (Å²) in [6.45, 7) is 7.58. The molecule has 0 amide bonds. The molecule has 0 rings (SSSR count). The first-order valence-electron chi connectivity index (χ1n) is 30.1. The van der Waals surface area contributed by atoms with Gasteiger partial charge in [0.2, 0.25) is 0 Å². The third-order valence-electron chi connectivity index (χ3n) is 12.5. The van der Waals surface area contributed by atoms with E-state index in [1.54, 1.807) is 0 Å². The van der Waals surface area contributed by atoms with Gasteiger partial charge in [0, 0.05) is 19.4 Å². The number of carbonyl (C=O) groups is 2. The fraction of sp³-hybridized carbons (Fsp3) is 0.672. The van der Waals surface area contributed by atoms with E-state index < -0.39 is 6.10 Å². The molecule has 0 aliphatic carbocycles. The van der Waals surface area contributed by atoms with Crippen molar-refractivity contribution in [3.8, 4) is 0 Å². The van der Waals surface area contributed by atoms with Gasteiger partial charge in [0.1, 0.15) is 6.61 Å². The maximum atomic E-state index is 12.9. The molecule has 0 saturated heterocycles. The number of esters is 2. The largest absolute Gasteiger partial charge is 0.462 e. The molecule has 72 heavy (non-hydrogen) atoms. The molecule has 0 aromatic carbocycles. The summed E-state index contributed by atoms with van der Waals surface area (Å²) >= 11 is 0. The van der Waals surface area contributed by atoms with Crippen molar-refractivity contribution in [2.24, 2.45) is 0 Å². The van der Waals surface area contributed by atoms with Crippen LogP contribution in [0.15, 0.2) is 122 Å². The van der Waals surface area contributed by atoms with E-state index in [-0.39, 0.29) is 25.2 Å². The highest BCUT2D eigenvalue weighted by Gasteiger charge is 2.17. The number of unbranched alkanes of at least 4 members (excludes halogenated alkanes) is 23. The SMILES string of the molecule is CC/C=C\C/C=C\C/C=C\C/C=C\C/C=C\C/C=C\CCC(=O)OCC(COCCCCCCCCCCCC/C=C\C/C=C\CCCCC)OC(=O)CCCCCCCCC/C=C\C/C=C\CCCCC. The van der Waals surface area contributed by atoms with Crippen LogP contribution in [-0.2, 0) is 23.8 Å². The van der Waals surface area contributed by atoms with Crippen LogP contribution in [-0.4, -0.2) is 37.9 Å². The Morgan fingerprint density at radius 1 is 0.319 bits per heavy atom. The van der Waals surface area contributed by atoms with Crippen molar-refractivity contribution in [3.05, 3.63) is 122 Å². The molecule has 0 bridgehead atoms. The summed E-state index contributed by atoms with van der Waals surface area (Å²) in [7, 11) is 0. The van der Waals surface area contributed by atoms with Crippen LogP contribution in [0.25, 0.3) is 0 Å². The Balaban J connectivity index is 4.42. The molecule has 0 aliphatic rings. The molecule has 1 unspecified atom stereocenters. The van der Waals surface area contributed by atoms with Crippen molar-refractivity contribution in [2.75, 3.05) is 19.8 Å². The minimum Gasteiger partial charge on any atom is -0.462 e. The zero-order chi connectivity index (χ0) is 52.0. The highest BCUT2D eigenvalue weighted by Crippen LogP contribution is 2.14. The fourth-order valence-corrected chi connectivity index (χ4v) is 8.01. The Morgan fingerprint density at radius 3 is 1.06 bits per heavy atom. The Hall–Kier alpha value is -3.70. The van der Waals surface area contributed by atoms with Crippen molar-refractivity contribution in [2.45, 2.75) is 271 Å². The summed E-state index contributed by atoms with van der Waals surface area (Å²) < 4.78 is 17.4. The molecule has 5 heteroatoms. The zero-order valence-electron chi connectivity index (χ0n) is 47.2. The number of ether oxygens (including phenoxy) is 3. The average molecular weight is 998 g/mol. The van der Waals surface area contributed by atoms with Crippen LogP contribution in [0.5, 0.6) is 0 Å². The van der Waals surface area contributed by atoms with Gasteiger partial charge < -0.3 is 14.2 Å². The van der Waals surface area contributed by atoms with Gasteiger partial charge in [-0.2, -0.15) is 0 Å². The number of allylic oxidation sites excluding steroid dienone is 20. The lowest BCUT2D eigenvalue weighted by Crippen LogP contribution is -2.30. The van der Waals surface area contributed by atoms with E-state index in [0.29, 0.717) is 25.9 Å². The quantitative estimate of drug-likeness (QED) is 0.0345. The van der Waals surface area contributed by atoms with Crippen molar-refractivity contribution >= 4 is 11.9 Å². The summed E-state index contributed by atoms with van der Waals surface area (Å²) in [5, 5.41) is 0. The summed E-state index contributed by atoms with van der Waals surface area (Å²) in [6, 6.07) is 0. The lowest BCUT2D eigenvalue weighted by Gasteiger charge is -2.18. The van der Waals surface area contributed by atoms with Crippen LogP contribution in [0.4, 0.5) is 0 Å². The molecule has 0 aliphatic heterocycles. The normalized spacial score (nSPS) is 13.1. The monoisotopic (exact) mass is 997 g/mol. The first kappa shape index (κ1) is 68.3. The van der Waals surface area contributed by atoms with Crippen LogP contribution < -0.4 is 0 Å². The predicted octanol–water partition coefficient (Wildman–Crippen LogP) is 20.9. The van der Waals surface area contributed by atoms with Crippen molar-refractivity contribution < 1.29 is 23.8 Å². The standard InChI is InChI=1S/C67H112O5/c1-4-7-10-13-16-19-22-25-28-31-33-35-38-41-44-47-50-53-56-59-62-70-63-65(72-67(69)61-58-55-52-49-46-43-40-36-30-27-24-21-18-15-12-9-6-3)64-71-66(68)60-57-54-51-48-45-42-39-37-34-32-29-26-23-20-17-14-11-8-5-2/h8,11,16-21,25-30,34,37,42,45,51,54,65H,4-7,9-10,12-15,22-24,31-33,35-36,38-41,43-44,46-50,52-53,55-64H2,1-3H3/b11-8-,19-16-,20-17-,21-18-,28-25-,29-26-,30-27-,37-34-,45-42-,54-51-. The van der Waals surface area contributed by atoms with E-state index in [1.165, 1.54) is 135 Å². The molecule has 0 heterocycles. The summed E-state index contributed by atoms with van der Waals surface area (Å²) in [5.74, 6) is -0.505. The molecule has 0 spiro atoms. The zero-order valence-corrected chi connectivity index (χ0v) is 47.2. The molecular formula is C67H112O5. The third kappa shape index (κ3) is 58.9. The lowest BCUT2D eigenvalue weighted by atomic mass is 10.1. The van der Waals surface area contributed by atoms with E-state index in [2.05, 4.69) is 136 Å². The molecule has 5 nitrogen and oxygen atoms in total. The molecule has 1 atom stereocenters. The van der Waals surface area contributed by atoms with Gasteiger partial charge >= 0.3 is 11.9 Å². The van der Waals surface area contributed by atoms with E-state index in [1.807, 2.05) is 6.08 Å². The maximum absolute atomic E-state index is 12.9. The fourth-order valence-electron chi connectivity index (χ4n) is 8.01. The predicted molar refractivity (Wildman–Crippen MR) is 316 cm³/mol. The summed E-state index contributed by atoms with van der Waals surface area (Å²) in [6.07, 6.45) is 86.6. The number of hydrogen-bond acceptors (Lipinski definition) is 5. The van der Waals surface area contributed by atoms with Crippen LogP contribution in [0.3, 0.4) is 0 Å². The van der Waals surface area contributed by atoms with Gasteiger partial charge in [-0.05, 0) is 122 Å². The van der Waals surface area contributed by atoms with Gasteiger partial charge in [0.15, 0.2) is 6.10 Å². The Kier molecular flexibility index (Phi) is 58.4. The van der Waals surface area contributed by atoms with Crippen molar-refractivity contribution in [1.82, 2.24) is 0 Å². The van der Waals surface area contributed by atoms with Crippen LogP contribution in [0, 0.1) is 0 Å². The van der Waals surface area contributed by atoms with E-state index in [9.17, 15) is 9.59 Å². The second kappa shape index (κ2) is 61.6. The minimum atomic E-state index is -0.582. The highest BCUT2D eigenvalue weighted by molar-refractivity contribution is 5.70. The van der Waals surface area contributed by atoms with Gasteiger partial charge in [-0.25, -0.2) is 0 Å². The molecule has 410 valence electrons. The van der Waals surface area contributed by atoms with E-state index in [0.717, 1.165) is 89.9 Å². The molecule has 0 N–H and O–H groups in total. The second-order valence-corrected chi connectivity index (χ2v) is 19.5. The topological polar surface area (TPSA) is 61.8 Å². The smallest absolute Gasteiger partial charge is 0.306 e. The summed E-state index contributed by atoms with van der Waals surface area (Å²) in [4.78, 5) is 25.5. The minimum absolute atomic E-state index is 0.0345. The molecule has 0 aromatic heterocycles. The van der Waals surface area contributed by atoms with Gasteiger partial charge in [0.25, 0.3) is 0 Å². The summed E-state index contributed by atoms with van der Waals surface area (Å²) in [5.41, 5.74) is 0. The van der Waals surface area contributed by atoms with E-state index >= 15 is 0 Å². The molecule has 0 saturated carbocycles. The van der Waals surface area contributed by atoms with Crippen molar-refractivity contribution in [3.63, 3.8) is 0 Å². The average Bonchev–Trinajstić information content (AvgIpc) is 3.38. The molecule has 0 radical (unpaired) electrons. The van der Waals surface area contributed by atoms with Gasteiger partial charge in [-0.3, -0.25) is 9.59 Å². The second-order valence-electron chi connectivity index (χ2n) is 19.5. The third-order valence-corrected chi connectivity index (χ3v) is 12.5.